The van der Waals surface area contributed by atoms with Gasteiger partial charge in [-0.15, -0.1) is 0 Å². The summed E-state index contributed by atoms with van der Waals surface area (Å²) < 4.78 is 0. The van der Waals surface area contributed by atoms with Crippen molar-refractivity contribution in [3.8, 4) is 0 Å². The number of carbonyl (C=O) groups excluding carboxylic acids is 1. The number of hydrogen-bond acceptors (Lipinski definition) is 3. The zero-order valence-corrected chi connectivity index (χ0v) is 10.2. The van der Waals surface area contributed by atoms with Gasteiger partial charge >= 0.3 is 0 Å². The number of β-amino-alcohol motifs (C(OH)–C–C–N with tert-alkyl or cyclic N) is 1. The number of amides is 1. The van der Waals surface area contributed by atoms with Gasteiger partial charge < -0.3 is 15.7 Å². The van der Waals surface area contributed by atoms with Crippen LogP contribution in [0.5, 0.6) is 0 Å². The quantitative estimate of drug-likeness (QED) is 0.715. The van der Waals surface area contributed by atoms with Crippen LogP contribution in [0.3, 0.4) is 0 Å². The summed E-state index contributed by atoms with van der Waals surface area (Å²) in [6.45, 7) is 4.88. The van der Waals surface area contributed by atoms with Crippen LogP contribution in [0.2, 0.25) is 0 Å². The third-order valence-electron chi connectivity index (χ3n) is 3.29. The highest BCUT2D eigenvalue weighted by atomic mass is 16.3. The Balaban J connectivity index is 2.28. The summed E-state index contributed by atoms with van der Waals surface area (Å²) in [6.07, 6.45) is 0.272. The van der Waals surface area contributed by atoms with E-state index in [0.29, 0.717) is 30.8 Å². The lowest BCUT2D eigenvalue weighted by atomic mass is 10.0. The lowest BCUT2D eigenvalue weighted by Gasteiger charge is -2.17. The molecular weight excluding hydrogens is 216 g/mol. The van der Waals surface area contributed by atoms with Crippen molar-refractivity contribution in [1.29, 1.82) is 0 Å². The molecule has 2 rings (SSSR count). The molecule has 1 aromatic rings. The van der Waals surface area contributed by atoms with E-state index in [1.807, 2.05) is 19.9 Å². The van der Waals surface area contributed by atoms with Crippen molar-refractivity contribution in [3.63, 3.8) is 0 Å². The molecule has 1 fully saturated rings. The second kappa shape index (κ2) is 4.37. The van der Waals surface area contributed by atoms with Gasteiger partial charge in [0.05, 0.1) is 6.10 Å². The van der Waals surface area contributed by atoms with E-state index < -0.39 is 0 Å². The van der Waals surface area contributed by atoms with E-state index in [1.54, 1.807) is 11.0 Å². The number of aliphatic hydroxyl groups excluding tert-OH is 1. The highest BCUT2D eigenvalue weighted by Gasteiger charge is 2.26. The van der Waals surface area contributed by atoms with Crippen LogP contribution < -0.4 is 5.73 Å². The number of carbonyl (C=O) groups is 1. The van der Waals surface area contributed by atoms with Gasteiger partial charge in [-0.25, -0.2) is 0 Å². The molecule has 4 heteroatoms. The molecule has 1 amide bonds. The second-order valence-electron chi connectivity index (χ2n) is 4.72. The molecule has 0 aliphatic carbocycles. The maximum atomic E-state index is 12.2. The number of aryl methyl sites for hydroxylation is 2. The van der Waals surface area contributed by atoms with Crippen molar-refractivity contribution in [3.05, 3.63) is 28.8 Å². The standard InChI is InChI=1S/C13H18N2O2/c1-8-5-9(2)12(14)6-11(8)13(17)15-4-3-10(16)7-15/h5-6,10,16H,3-4,7,14H2,1-2H3. The molecule has 0 aromatic heterocycles. The first-order valence-corrected chi connectivity index (χ1v) is 5.83. The average molecular weight is 234 g/mol. The van der Waals surface area contributed by atoms with Gasteiger partial charge in [-0.05, 0) is 37.5 Å². The van der Waals surface area contributed by atoms with Crippen LogP contribution in [0.15, 0.2) is 12.1 Å². The summed E-state index contributed by atoms with van der Waals surface area (Å²) in [4.78, 5) is 13.9. The number of nitrogen functional groups attached to an aromatic ring is 1. The summed E-state index contributed by atoms with van der Waals surface area (Å²) in [5, 5.41) is 9.44. The monoisotopic (exact) mass is 234 g/mol. The molecule has 0 radical (unpaired) electrons. The van der Waals surface area contributed by atoms with E-state index in [1.165, 1.54) is 0 Å². The normalized spacial score (nSPS) is 19.7. The third kappa shape index (κ3) is 2.26. The third-order valence-corrected chi connectivity index (χ3v) is 3.29. The van der Waals surface area contributed by atoms with Gasteiger partial charge in [0.2, 0.25) is 0 Å². The van der Waals surface area contributed by atoms with E-state index in [2.05, 4.69) is 0 Å². The Bertz CT molecular complexity index is 457. The lowest BCUT2D eigenvalue weighted by molar-refractivity contribution is 0.0764. The maximum Gasteiger partial charge on any atom is 0.254 e. The SMILES string of the molecule is Cc1cc(C)c(C(=O)N2CCC(O)C2)cc1N. The van der Waals surface area contributed by atoms with Crippen LogP contribution >= 0.6 is 0 Å². The molecule has 92 valence electrons. The minimum Gasteiger partial charge on any atom is -0.398 e. The van der Waals surface area contributed by atoms with Crippen LogP contribution in [0.25, 0.3) is 0 Å². The number of rotatable bonds is 1. The number of benzene rings is 1. The van der Waals surface area contributed by atoms with Gasteiger partial charge in [-0.2, -0.15) is 0 Å². The van der Waals surface area contributed by atoms with Crippen LogP contribution in [0.1, 0.15) is 27.9 Å². The minimum absolute atomic E-state index is 0.0363. The van der Waals surface area contributed by atoms with Crippen molar-refractivity contribution in [2.45, 2.75) is 26.4 Å². The fraction of sp³-hybridized carbons (Fsp3) is 0.462. The molecule has 1 aliphatic heterocycles. The van der Waals surface area contributed by atoms with E-state index in [4.69, 9.17) is 5.73 Å². The molecule has 1 aromatic carbocycles. The number of nitrogens with two attached hydrogens (primary N) is 1. The molecular formula is C13H18N2O2. The van der Waals surface area contributed by atoms with E-state index in [9.17, 15) is 9.90 Å². The number of nitrogens with zero attached hydrogens (tertiary/aromatic N) is 1. The molecule has 0 spiro atoms. The Morgan fingerprint density at radius 1 is 1.41 bits per heavy atom. The number of likely N-dealkylation sites (tertiary alicyclic amines) is 1. The van der Waals surface area contributed by atoms with Gasteiger partial charge in [0, 0.05) is 24.3 Å². The number of aliphatic hydroxyl groups is 1. The molecule has 1 aliphatic rings. The van der Waals surface area contributed by atoms with Crippen LogP contribution in [0.4, 0.5) is 5.69 Å². The van der Waals surface area contributed by atoms with Gasteiger partial charge in [0.1, 0.15) is 0 Å². The topological polar surface area (TPSA) is 66.6 Å². The first kappa shape index (κ1) is 11.9. The molecule has 3 N–H and O–H groups in total. The number of anilines is 1. The number of hydrogen-bond donors (Lipinski definition) is 2. The first-order valence-electron chi connectivity index (χ1n) is 5.83. The summed E-state index contributed by atoms with van der Waals surface area (Å²) in [5.41, 5.74) is 9.03. The van der Waals surface area contributed by atoms with Crippen LogP contribution in [-0.4, -0.2) is 35.1 Å². The van der Waals surface area contributed by atoms with Crippen LogP contribution in [0, 0.1) is 13.8 Å². The van der Waals surface area contributed by atoms with Gasteiger partial charge in [0.25, 0.3) is 5.91 Å². The molecule has 1 unspecified atom stereocenters. The smallest absolute Gasteiger partial charge is 0.254 e. The Morgan fingerprint density at radius 3 is 2.71 bits per heavy atom. The van der Waals surface area contributed by atoms with E-state index >= 15 is 0 Å². The average Bonchev–Trinajstić information content (AvgIpc) is 2.69. The molecule has 4 nitrogen and oxygen atoms in total. The fourth-order valence-electron chi connectivity index (χ4n) is 2.20. The summed E-state index contributed by atoms with van der Waals surface area (Å²) in [5.74, 6) is -0.0363. The maximum absolute atomic E-state index is 12.2. The van der Waals surface area contributed by atoms with Crippen molar-refractivity contribution in [2.24, 2.45) is 0 Å². The Hall–Kier alpha value is -1.55. The largest absolute Gasteiger partial charge is 0.398 e. The lowest BCUT2D eigenvalue weighted by Crippen LogP contribution is -2.30. The summed E-state index contributed by atoms with van der Waals surface area (Å²) in [6, 6.07) is 3.66. The predicted molar refractivity (Wildman–Crippen MR) is 66.9 cm³/mol. The van der Waals surface area contributed by atoms with Crippen LogP contribution in [-0.2, 0) is 0 Å². The molecule has 1 heterocycles. The fourth-order valence-corrected chi connectivity index (χ4v) is 2.20. The van der Waals surface area contributed by atoms with Crippen molar-refractivity contribution in [1.82, 2.24) is 4.90 Å². The summed E-state index contributed by atoms with van der Waals surface area (Å²) in [7, 11) is 0. The zero-order chi connectivity index (χ0) is 12.6. The highest BCUT2D eigenvalue weighted by molar-refractivity contribution is 5.97. The van der Waals surface area contributed by atoms with E-state index in [0.717, 1.165) is 11.1 Å². The molecule has 17 heavy (non-hydrogen) atoms. The van der Waals surface area contributed by atoms with Gasteiger partial charge in [-0.3, -0.25) is 4.79 Å². The molecule has 1 atom stereocenters. The zero-order valence-electron chi connectivity index (χ0n) is 10.2. The van der Waals surface area contributed by atoms with Crippen molar-refractivity contribution >= 4 is 11.6 Å². The molecule has 0 bridgehead atoms. The Morgan fingerprint density at radius 2 is 2.12 bits per heavy atom. The van der Waals surface area contributed by atoms with Crippen molar-refractivity contribution in [2.75, 3.05) is 18.8 Å². The van der Waals surface area contributed by atoms with Gasteiger partial charge in [0.15, 0.2) is 0 Å². The first-order chi connectivity index (χ1) is 7.99. The molecule has 0 saturated carbocycles. The Labute approximate surface area is 101 Å². The summed E-state index contributed by atoms with van der Waals surface area (Å²) >= 11 is 0. The van der Waals surface area contributed by atoms with Crippen molar-refractivity contribution < 1.29 is 9.90 Å². The van der Waals surface area contributed by atoms with Gasteiger partial charge in [-0.1, -0.05) is 6.07 Å². The second-order valence-corrected chi connectivity index (χ2v) is 4.72. The Kier molecular flexibility index (Phi) is 3.07. The highest BCUT2D eigenvalue weighted by Crippen LogP contribution is 2.21. The molecule has 1 saturated heterocycles. The minimum atomic E-state index is -0.387. The van der Waals surface area contributed by atoms with E-state index in [-0.39, 0.29) is 12.0 Å². The predicted octanol–water partition coefficient (Wildman–Crippen LogP) is 1.09.